The molecule has 0 aromatic heterocycles. The van der Waals surface area contributed by atoms with E-state index < -0.39 is 17.9 Å². The Morgan fingerprint density at radius 3 is 2.87 bits per heavy atom. The molecule has 0 saturated heterocycles. The third-order valence-corrected chi connectivity index (χ3v) is 2.33. The fourth-order valence-corrected chi connectivity index (χ4v) is 1.32. The van der Waals surface area contributed by atoms with E-state index in [9.17, 15) is 9.18 Å². The summed E-state index contributed by atoms with van der Waals surface area (Å²) >= 11 is 3.01. The van der Waals surface area contributed by atoms with Gasteiger partial charge < -0.3 is 9.84 Å². The molecular formula is C10H10BrFO3. The average molecular weight is 277 g/mol. The van der Waals surface area contributed by atoms with Gasteiger partial charge in [-0.05, 0) is 35.0 Å². The summed E-state index contributed by atoms with van der Waals surface area (Å²) in [6.45, 7) is 1.62. The highest BCUT2D eigenvalue weighted by Crippen LogP contribution is 2.22. The first-order valence-electron chi connectivity index (χ1n) is 4.32. The Bertz CT molecular complexity index is 368. The maximum atomic E-state index is 13.0. The Hall–Kier alpha value is -1.10. The van der Waals surface area contributed by atoms with Crippen molar-refractivity contribution in [3.8, 4) is 5.75 Å². The quantitative estimate of drug-likeness (QED) is 0.920. The van der Waals surface area contributed by atoms with Crippen molar-refractivity contribution in [2.45, 2.75) is 19.4 Å². The number of hydrogen-bond donors (Lipinski definition) is 1. The maximum absolute atomic E-state index is 13.0. The van der Waals surface area contributed by atoms with E-state index in [0.29, 0.717) is 10.2 Å². The number of benzene rings is 1. The molecule has 0 spiro atoms. The van der Waals surface area contributed by atoms with Crippen LogP contribution in [0.3, 0.4) is 0 Å². The summed E-state index contributed by atoms with van der Waals surface area (Å²) in [5, 5.41) is 8.50. The highest BCUT2D eigenvalue weighted by atomic mass is 79.9. The molecular weight excluding hydrogens is 267 g/mol. The van der Waals surface area contributed by atoms with Crippen LogP contribution in [0.1, 0.15) is 13.3 Å². The molecule has 1 aromatic carbocycles. The molecule has 5 heteroatoms. The van der Waals surface area contributed by atoms with Gasteiger partial charge in [0, 0.05) is 6.07 Å². The van der Waals surface area contributed by atoms with Gasteiger partial charge in [-0.2, -0.15) is 0 Å². The Morgan fingerprint density at radius 1 is 1.67 bits per heavy atom. The van der Waals surface area contributed by atoms with E-state index in [1.54, 1.807) is 13.0 Å². The third kappa shape index (κ3) is 3.87. The lowest BCUT2D eigenvalue weighted by atomic mass is 10.3. The van der Waals surface area contributed by atoms with Gasteiger partial charge in [-0.1, -0.05) is 0 Å². The summed E-state index contributed by atoms with van der Waals surface area (Å²) < 4.78 is 18.6. The van der Waals surface area contributed by atoms with Crippen LogP contribution in [0.4, 0.5) is 4.39 Å². The van der Waals surface area contributed by atoms with Gasteiger partial charge in [0.1, 0.15) is 17.7 Å². The predicted octanol–water partition coefficient (Wildman–Crippen LogP) is 2.83. The van der Waals surface area contributed by atoms with E-state index in [2.05, 4.69) is 15.9 Å². The van der Waals surface area contributed by atoms with Gasteiger partial charge in [-0.15, -0.1) is 0 Å². The van der Waals surface area contributed by atoms with Gasteiger partial charge in [0.2, 0.25) is 0 Å². The van der Waals surface area contributed by atoms with Gasteiger partial charge in [0.25, 0.3) is 0 Å². The average Bonchev–Trinajstić information content (AvgIpc) is 2.10. The van der Waals surface area contributed by atoms with Gasteiger partial charge in [-0.25, -0.2) is 4.39 Å². The second-order valence-corrected chi connectivity index (χ2v) is 3.96. The van der Waals surface area contributed by atoms with Crippen LogP contribution in [-0.2, 0) is 4.79 Å². The van der Waals surface area contributed by atoms with Gasteiger partial charge >= 0.3 is 5.97 Å². The molecule has 0 heterocycles. The van der Waals surface area contributed by atoms with Crippen molar-refractivity contribution in [1.29, 1.82) is 0 Å². The monoisotopic (exact) mass is 276 g/mol. The Balaban J connectivity index is 2.64. The zero-order chi connectivity index (χ0) is 11.4. The zero-order valence-electron chi connectivity index (χ0n) is 8.04. The van der Waals surface area contributed by atoms with Crippen LogP contribution in [0, 0.1) is 5.82 Å². The molecule has 82 valence electrons. The van der Waals surface area contributed by atoms with Crippen LogP contribution in [-0.4, -0.2) is 17.2 Å². The zero-order valence-corrected chi connectivity index (χ0v) is 9.62. The molecule has 3 nitrogen and oxygen atoms in total. The minimum atomic E-state index is -0.944. The van der Waals surface area contributed by atoms with E-state index in [0.717, 1.165) is 0 Å². The molecule has 0 saturated carbocycles. The Morgan fingerprint density at radius 2 is 2.33 bits per heavy atom. The molecule has 0 aliphatic heterocycles. The molecule has 0 radical (unpaired) electrons. The van der Waals surface area contributed by atoms with Gasteiger partial charge in [0.05, 0.1) is 10.9 Å². The van der Waals surface area contributed by atoms with Crippen LogP contribution in [0.2, 0.25) is 0 Å². The summed E-state index contributed by atoms with van der Waals surface area (Å²) in [7, 11) is 0. The van der Waals surface area contributed by atoms with Crippen molar-refractivity contribution >= 4 is 21.9 Å². The van der Waals surface area contributed by atoms with E-state index in [1.165, 1.54) is 12.1 Å². The van der Waals surface area contributed by atoms with Crippen LogP contribution < -0.4 is 4.74 Å². The van der Waals surface area contributed by atoms with Crippen molar-refractivity contribution in [3.05, 3.63) is 28.5 Å². The first-order chi connectivity index (χ1) is 6.99. The molecule has 1 rings (SSSR count). The van der Waals surface area contributed by atoms with E-state index in [-0.39, 0.29) is 6.42 Å². The lowest BCUT2D eigenvalue weighted by Crippen LogP contribution is -2.16. The fourth-order valence-electron chi connectivity index (χ4n) is 1.07. The van der Waals surface area contributed by atoms with Crippen molar-refractivity contribution in [3.63, 3.8) is 0 Å². The molecule has 1 aromatic rings. The Labute approximate surface area is 95.0 Å². The number of hydrogen-bond acceptors (Lipinski definition) is 2. The SMILES string of the molecule is C[C@H](CC(=O)O)Oc1ccc(Br)c(F)c1. The molecule has 0 aliphatic carbocycles. The minimum Gasteiger partial charge on any atom is -0.490 e. The molecule has 15 heavy (non-hydrogen) atoms. The summed E-state index contributed by atoms with van der Waals surface area (Å²) in [4.78, 5) is 10.4. The maximum Gasteiger partial charge on any atom is 0.307 e. The minimum absolute atomic E-state index is 0.113. The van der Waals surface area contributed by atoms with Crippen molar-refractivity contribution in [2.75, 3.05) is 0 Å². The molecule has 1 N–H and O–H groups in total. The number of carboxylic acids is 1. The molecule has 0 unspecified atom stereocenters. The van der Waals surface area contributed by atoms with Crippen molar-refractivity contribution in [1.82, 2.24) is 0 Å². The van der Waals surface area contributed by atoms with Crippen molar-refractivity contribution < 1.29 is 19.0 Å². The number of halogens is 2. The topological polar surface area (TPSA) is 46.5 Å². The summed E-state index contributed by atoms with van der Waals surface area (Å²) in [6.07, 6.45) is -0.597. The van der Waals surface area contributed by atoms with E-state index in [4.69, 9.17) is 9.84 Å². The number of carboxylic acid groups (broad SMARTS) is 1. The predicted molar refractivity (Wildman–Crippen MR) is 56.4 cm³/mol. The summed E-state index contributed by atoms with van der Waals surface area (Å²) in [5.41, 5.74) is 0. The lowest BCUT2D eigenvalue weighted by molar-refractivity contribution is -0.138. The summed E-state index contributed by atoms with van der Waals surface area (Å²) in [6, 6.07) is 4.30. The van der Waals surface area contributed by atoms with E-state index >= 15 is 0 Å². The molecule has 0 bridgehead atoms. The smallest absolute Gasteiger partial charge is 0.307 e. The van der Waals surface area contributed by atoms with Crippen LogP contribution in [0.5, 0.6) is 5.75 Å². The first kappa shape index (κ1) is 12.0. The van der Waals surface area contributed by atoms with Crippen molar-refractivity contribution in [2.24, 2.45) is 0 Å². The number of aliphatic carboxylic acids is 1. The number of rotatable bonds is 4. The van der Waals surface area contributed by atoms with Crippen LogP contribution in [0.15, 0.2) is 22.7 Å². The summed E-state index contributed by atoms with van der Waals surface area (Å²) in [5.74, 6) is -1.06. The third-order valence-electron chi connectivity index (χ3n) is 1.69. The second kappa shape index (κ2) is 5.11. The van der Waals surface area contributed by atoms with Gasteiger partial charge in [0.15, 0.2) is 0 Å². The fraction of sp³-hybridized carbons (Fsp3) is 0.300. The second-order valence-electron chi connectivity index (χ2n) is 3.10. The van der Waals surface area contributed by atoms with Crippen LogP contribution >= 0.6 is 15.9 Å². The Kier molecular flexibility index (Phi) is 4.08. The largest absolute Gasteiger partial charge is 0.490 e. The standard InChI is InChI=1S/C10H10BrFO3/c1-6(4-10(13)14)15-7-2-3-8(11)9(12)5-7/h2-3,5-6H,4H2,1H3,(H,13,14)/t6-/m1/s1. The molecule has 0 fully saturated rings. The lowest BCUT2D eigenvalue weighted by Gasteiger charge is -2.12. The normalized spacial score (nSPS) is 12.2. The first-order valence-corrected chi connectivity index (χ1v) is 5.12. The molecule has 0 aliphatic rings. The molecule has 0 amide bonds. The van der Waals surface area contributed by atoms with Gasteiger partial charge in [-0.3, -0.25) is 4.79 Å². The highest BCUT2D eigenvalue weighted by Gasteiger charge is 2.10. The van der Waals surface area contributed by atoms with E-state index in [1.807, 2.05) is 0 Å². The van der Waals surface area contributed by atoms with Crippen LogP contribution in [0.25, 0.3) is 0 Å². The highest BCUT2D eigenvalue weighted by molar-refractivity contribution is 9.10. The number of carbonyl (C=O) groups is 1. The molecule has 1 atom stereocenters. The number of ether oxygens (including phenoxy) is 1.